The molecule has 1 N–H and O–H groups in total. The van der Waals surface area contributed by atoms with Crippen LogP contribution in [-0.4, -0.2) is 34.2 Å². The van der Waals surface area contributed by atoms with Gasteiger partial charge in [0.1, 0.15) is 0 Å². The second kappa shape index (κ2) is 4.73. The first kappa shape index (κ1) is 10.6. The highest BCUT2D eigenvalue weighted by Gasteiger charge is 2.28. The molecule has 0 unspecified atom stereocenters. The minimum absolute atomic E-state index is 0.238. The summed E-state index contributed by atoms with van der Waals surface area (Å²) in [6, 6.07) is 6.79. The van der Waals surface area contributed by atoms with Gasteiger partial charge in [-0.15, -0.1) is 0 Å². The summed E-state index contributed by atoms with van der Waals surface area (Å²) in [5.41, 5.74) is 2.17. The van der Waals surface area contributed by atoms with Crippen molar-refractivity contribution in [3.63, 3.8) is 0 Å². The zero-order valence-corrected chi connectivity index (χ0v) is 9.19. The van der Waals surface area contributed by atoms with Gasteiger partial charge < -0.3 is 5.11 Å². The number of aliphatic hydroxyl groups is 1. The normalized spacial score (nSPS) is 15.9. The van der Waals surface area contributed by atoms with E-state index in [4.69, 9.17) is 5.11 Å². The lowest BCUT2D eigenvalue weighted by atomic mass is 10.3. The highest BCUT2D eigenvalue weighted by molar-refractivity contribution is 5.10. The third-order valence-corrected chi connectivity index (χ3v) is 2.76. The summed E-state index contributed by atoms with van der Waals surface area (Å²) in [6.45, 7) is 3.88. The Kier molecular flexibility index (Phi) is 3.34. The van der Waals surface area contributed by atoms with Crippen molar-refractivity contribution in [2.45, 2.75) is 32.4 Å². The molecular weight excluding hydrogens is 188 g/mol. The highest BCUT2D eigenvalue weighted by Crippen LogP contribution is 2.27. The predicted octanol–water partition coefficient (Wildman–Crippen LogP) is 1.35. The van der Waals surface area contributed by atoms with E-state index in [1.807, 2.05) is 19.1 Å². The number of aromatic nitrogens is 1. The van der Waals surface area contributed by atoms with Crippen LogP contribution in [0.1, 0.15) is 24.2 Å². The first-order chi connectivity index (χ1) is 7.29. The molecule has 3 nitrogen and oxygen atoms in total. The van der Waals surface area contributed by atoms with Crippen molar-refractivity contribution in [2.75, 3.05) is 13.2 Å². The van der Waals surface area contributed by atoms with Gasteiger partial charge in [-0.2, -0.15) is 0 Å². The molecule has 1 aliphatic carbocycles. The topological polar surface area (TPSA) is 36.4 Å². The molecule has 0 spiro atoms. The summed E-state index contributed by atoms with van der Waals surface area (Å²) in [7, 11) is 0. The molecule has 0 aliphatic heterocycles. The molecule has 0 amide bonds. The van der Waals surface area contributed by atoms with Crippen LogP contribution in [0, 0.1) is 6.92 Å². The smallest absolute Gasteiger partial charge is 0.0558 e. The molecule has 1 fully saturated rings. The number of hydrogen-bond acceptors (Lipinski definition) is 3. The Hall–Kier alpha value is -0.930. The van der Waals surface area contributed by atoms with Crippen LogP contribution in [0.5, 0.6) is 0 Å². The number of aliphatic hydroxyl groups excluding tert-OH is 1. The van der Waals surface area contributed by atoms with Crippen LogP contribution in [0.2, 0.25) is 0 Å². The fourth-order valence-corrected chi connectivity index (χ4v) is 1.85. The van der Waals surface area contributed by atoms with Crippen LogP contribution in [0.3, 0.4) is 0 Å². The summed E-state index contributed by atoms with van der Waals surface area (Å²) >= 11 is 0. The maximum absolute atomic E-state index is 8.98. The molecule has 1 aromatic rings. The summed E-state index contributed by atoms with van der Waals surface area (Å²) in [4.78, 5) is 6.80. The Bertz CT molecular complexity index is 323. The van der Waals surface area contributed by atoms with E-state index >= 15 is 0 Å². The standard InChI is InChI=1S/C12H18N2O/c1-10-3-2-4-11(13-10)9-14(7-8-15)12-5-6-12/h2-4,12,15H,5-9H2,1H3. The van der Waals surface area contributed by atoms with Crippen LogP contribution in [0.25, 0.3) is 0 Å². The fraction of sp³-hybridized carbons (Fsp3) is 0.583. The molecular formula is C12H18N2O. The Morgan fingerprint density at radius 2 is 2.27 bits per heavy atom. The monoisotopic (exact) mass is 206 g/mol. The molecule has 0 atom stereocenters. The number of nitrogens with zero attached hydrogens (tertiary/aromatic N) is 2. The zero-order valence-electron chi connectivity index (χ0n) is 9.19. The van der Waals surface area contributed by atoms with E-state index in [0.717, 1.165) is 24.5 Å². The molecule has 3 heteroatoms. The molecule has 1 aromatic heterocycles. The Morgan fingerprint density at radius 3 is 2.87 bits per heavy atom. The first-order valence-corrected chi connectivity index (χ1v) is 5.57. The lowest BCUT2D eigenvalue weighted by Gasteiger charge is -2.20. The number of hydrogen-bond donors (Lipinski definition) is 1. The van der Waals surface area contributed by atoms with Crippen LogP contribution in [0.15, 0.2) is 18.2 Å². The Labute approximate surface area is 90.8 Å². The maximum atomic E-state index is 8.98. The molecule has 2 rings (SSSR count). The van der Waals surface area contributed by atoms with Crippen LogP contribution < -0.4 is 0 Å². The first-order valence-electron chi connectivity index (χ1n) is 5.57. The minimum atomic E-state index is 0.238. The molecule has 0 bridgehead atoms. The second-order valence-electron chi connectivity index (χ2n) is 4.20. The average Bonchev–Trinajstić information content (AvgIpc) is 3.00. The van der Waals surface area contributed by atoms with E-state index in [9.17, 15) is 0 Å². The molecule has 15 heavy (non-hydrogen) atoms. The van der Waals surface area contributed by atoms with Crippen molar-refractivity contribution in [1.82, 2.24) is 9.88 Å². The zero-order chi connectivity index (χ0) is 10.7. The quantitative estimate of drug-likeness (QED) is 0.790. The molecule has 82 valence electrons. The third kappa shape index (κ3) is 3.01. The number of aryl methyl sites for hydroxylation is 1. The Morgan fingerprint density at radius 1 is 1.47 bits per heavy atom. The number of pyridine rings is 1. The van der Waals surface area contributed by atoms with Crippen molar-refractivity contribution in [3.8, 4) is 0 Å². The van der Waals surface area contributed by atoms with Crippen LogP contribution in [0.4, 0.5) is 0 Å². The van der Waals surface area contributed by atoms with Crippen molar-refractivity contribution in [2.24, 2.45) is 0 Å². The van der Waals surface area contributed by atoms with Crippen LogP contribution in [-0.2, 0) is 6.54 Å². The van der Waals surface area contributed by atoms with Crippen molar-refractivity contribution in [1.29, 1.82) is 0 Å². The van der Waals surface area contributed by atoms with Gasteiger partial charge in [-0.3, -0.25) is 9.88 Å². The van der Waals surface area contributed by atoms with Crippen molar-refractivity contribution in [3.05, 3.63) is 29.6 Å². The molecule has 1 saturated carbocycles. The minimum Gasteiger partial charge on any atom is -0.395 e. The predicted molar refractivity (Wildman–Crippen MR) is 59.5 cm³/mol. The van der Waals surface area contributed by atoms with Gasteiger partial charge in [0.25, 0.3) is 0 Å². The molecule has 0 radical (unpaired) electrons. The largest absolute Gasteiger partial charge is 0.395 e. The van der Waals surface area contributed by atoms with Gasteiger partial charge in [-0.1, -0.05) is 6.07 Å². The van der Waals surface area contributed by atoms with Gasteiger partial charge in [0, 0.05) is 24.8 Å². The summed E-state index contributed by atoms with van der Waals surface area (Å²) in [6.07, 6.45) is 2.54. The van der Waals surface area contributed by atoms with Gasteiger partial charge in [0.15, 0.2) is 0 Å². The fourth-order valence-electron chi connectivity index (χ4n) is 1.85. The summed E-state index contributed by atoms with van der Waals surface area (Å²) in [5.74, 6) is 0. The van der Waals surface area contributed by atoms with Gasteiger partial charge >= 0.3 is 0 Å². The van der Waals surface area contributed by atoms with Crippen LogP contribution >= 0.6 is 0 Å². The second-order valence-corrected chi connectivity index (χ2v) is 4.20. The SMILES string of the molecule is Cc1cccc(CN(CCO)C2CC2)n1. The molecule has 0 aromatic carbocycles. The van der Waals surface area contributed by atoms with Crippen molar-refractivity contribution < 1.29 is 5.11 Å². The molecule has 1 heterocycles. The highest BCUT2D eigenvalue weighted by atomic mass is 16.3. The maximum Gasteiger partial charge on any atom is 0.0558 e. The van der Waals surface area contributed by atoms with E-state index in [-0.39, 0.29) is 6.61 Å². The average molecular weight is 206 g/mol. The van der Waals surface area contributed by atoms with Gasteiger partial charge in [0.05, 0.1) is 12.3 Å². The van der Waals surface area contributed by atoms with E-state index in [1.54, 1.807) is 0 Å². The van der Waals surface area contributed by atoms with E-state index in [0.29, 0.717) is 6.04 Å². The van der Waals surface area contributed by atoms with Gasteiger partial charge in [0.2, 0.25) is 0 Å². The van der Waals surface area contributed by atoms with E-state index in [1.165, 1.54) is 12.8 Å². The molecule has 0 saturated heterocycles. The van der Waals surface area contributed by atoms with Gasteiger partial charge in [-0.25, -0.2) is 0 Å². The Balaban J connectivity index is 1.98. The van der Waals surface area contributed by atoms with E-state index < -0.39 is 0 Å². The third-order valence-electron chi connectivity index (χ3n) is 2.76. The van der Waals surface area contributed by atoms with Crippen molar-refractivity contribution >= 4 is 0 Å². The lowest BCUT2D eigenvalue weighted by molar-refractivity contribution is 0.182. The molecule has 1 aliphatic rings. The number of rotatable bonds is 5. The summed E-state index contributed by atoms with van der Waals surface area (Å²) in [5, 5.41) is 8.98. The summed E-state index contributed by atoms with van der Waals surface area (Å²) < 4.78 is 0. The van der Waals surface area contributed by atoms with E-state index in [2.05, 4.69) is 16.0 Å². The lowest BCUT2D eigenvalue weighted by Crippen LogP contribution is -2.29. The van der Waals surface area contributed by atoms with Gasteiger partial charge in [-0.05, 0) is 31.9 Å².